The van der Waals surface area contributed by atoms with Gasteiger partial charge in [0, 0.05) is 5.41 Å². The summed E-state index contributed by atoms with van der Waals surface area (Å²) in [6.07, 6.45) is 3.40. The molecule has 1 amide bonds. The molecule has 0 heterocycles. The fourth-order valence-corrected chi connectivity index (χ4v) is 2.38. The van der Waals surface area contributed by atoms with Crippen LogP contribution in [0.2, 0.25) is 0 Å². The normalized spacial score (nSPS) is 17.9. The lowest BCUT2D eigenvalue weighted by Crippen LogP contribution is -2.50. The fraction of sp³-hybridized carbons (Fsp3) is 0.917. The van der Waals surface area contributed by atoms with Gasteiger partial charge in [0.15, 0.2) is 0 Å². The molecule has 0 aromatic heterocycles. The lowest BCUT2D eigenvalue weighted by molar-refractivity contribution is -0.139. The number of halogens is 3. The maximum atomic E-state index is 12.9. The van der Waals surface area contributed by atoms with E-state index < -0.39 is 24.4 Å². The standard InChI is InChI=1S/C12H22F2N2O.ClH/c1-9(2)6-11(4-3-5-11)10(17)16-8-12(13,14)7-15;/h9H,3-8,15H2,1-2H3,(H,16,17);1H. The van der Waals surface area contributed by atoms with Gasteiger partial charge in [-0.2, -0.15) is 0 Å². The van der Waals surface area contributed by atoms with Gasteiger partial charge in [0.25, 0.3) is 5.92 Å². The van der Waals surface area contributed by atoms with Crippen molar-refractivity contribution >= 4 is 18.3 Å². The summed E-state index contributed by atoms with van der Waals surface area (Å²) in [5.74, 6) is -2.83. The Labute approximate surface area is 113 Å². The average Bonchev–Trinajstić information content (AvgIpc) is 2.20. The van der Waals surface area contributed by atoms with E-state index in [1.54, 1.807) is 0 Å². The van der Waals surface area contributed by atoms with Crippen molar-refractivity contribution in [3.05, 3.63) is 0 Å². The van der Waals surface area contributed by atoms with Gasteiger partial charge in [-0.3, -0.25) is 4.79 Å². The summed E-state index contributed by atoms with van der Waals surface area (Å²) in [5, 5.41) is 2.35. The van der Waals surface area contributed by atoms with Crippen LogP contribution in [0.1, 0.15) is 39.5 Å². The molecule has 1 aliphatic carbocycles. The second kappa shape index (κ2) is 6.66. The molecule has 3 nitrogen and oxygen atoms in total. The average molecular weight is 285 g/mol. The lowest BCUT2D eigenvalue weighted by Gasteiger charge is -2.41. The molecule has 1 aliphatic rings. The Kier molecular flexibility index (Phi) is 6.51. The van der Waals surface area contributed by atoms with Gasteiger partial charge in [-0.1, -0.05) is 20.3 Å². The zero-order valence-electron chi connectivity index (χ0n) is 11.0. The van der Waals surface area contributed by atoms with Gasteiger partial charge < -0.3 is 11.1 Å². The summed E-state index contributed by atoms with van der Waals surface area (Å²) in [4.78, 5) is 12.0. The molecule has 0 aromatic carbocycles. The van der Waals surface area contributed by atoms with Crippen molar-refractivity contribution in [3.63, 3.8) is 0 Å². The molecule has 0 spiro atoms. The predicted molar refractivity (Wildman–Crippen MR) is 70.0 cm³/mol. The van der Waals surface area contributed by atoms with Crippen molar-refractivity contribution in [2.24, 2.45) is 17.1 Å². The summed E-state index contributed by atoms with van der Waals surface area (Å²) >= 11 is 0. The highest BCUT2D eigenvalue weighted by Gasteiger charge is 2.44. The number of hydrogen-bond acceptors (Lipinski definition) is 2. The van der Waals surface area contributed by atoms with E-state index in [0.29, 0.717) is 5.92 Å². The fourth-order valence-electron chi connectivity index (χ4n) is 2.38. The van der Waals surface area contributed by atoms with Crippen LogP contribution in [0.25, 0.3) is 0 Å². The third kappa shape index (κ3) is 4.35. The minimum atomic E-state index is -3.00. The first-order chi connectivity index (χ1) is 7.81. The molecule has 0 radical (unpaired) electrons. The Morgan fingerprint density at radius 1 is 1.44 bits per heavy atom. The molecule has 0 aromatic rings. The summed E-state index contributed by atoms with van der Waals surface area (Å²) in [6.45, 7) is 2.70. The van der Waals surface area contributed by atoms with Crippen molar-refractivity contribution in [3.8, 4) is 0 Å². The Hall–Kier alpha value is -0.420. The number of nitrogens with one attached hydrogen (secondary N) is 1. The van der Waals surface area contributed by atoms with Gasteiger partial charge in [-0.25, -0.2) is 8.78 Å². The zero-order valence-corrected chi connectivity index (χ0v) is 11.8. The molecule has 0 saturated heterocycles. The topological polar surface area (TPSA) is 55.1 Å². The highest BCUT2D eigenvalue weighted by Crippen LogP contribution is 2.46. The molecular weight excluding hydrogens is 262 g/mol. The van der Waals surface area contributed by atoms with Crippen LogP contribution in [-0.2, 0) is 4.79 Å². The second-order valence-electron chi connectivity index (χ2n) is 5.47. The predicted octanol–water partition coefficient (Wildman–Crippen LogP) is 2.33. The molecule has 0 aliphatic heterocycles. The van der Waals surface area contributed by atoms with Gasteiger partial charge in [0.05, 0.1) is 13.1 Å². The summed E-state index contributed by atoms with van der Waals surface area (Å²) in [7, 11) is 0. The van der Waals surface area contributed by atoms with Crippen molar-refractivity contribution < 1.29 is 13.6 Å². The molecule has 0 atom stereocenters. The summed E-state index contributed by atoms with van der Waals surface area (Å²) in [6, 6.07) is 0. The molecule has 3 N–H and O–H groups in total. The van der Waals surface area contributed by atoms with E-state index in [-0.39, 0.29) is 18.3 Å². The number of amides is 1. The van der Waals surface area contributed by atoms with E-state index in [9.17, 15) is 13.6 Å². The third-order valence-electron chi connectivity index (χ3n) is 3.40. The molecular formula is C12H23ClF2N2O. The lowest BCUT2D eigenvalue weighted by atomic mass is 9.64. The molecule has 6 heteroatoms. The van der Waals surface area contributed by atoms with Crippen LogP contribution in [0.5, 0.6) is 0 Å². The number of hydrogen-bond donors (Lipinski definition) is 2. The molecule has 108 valence electrons. The zero-order chi connectivity index (χ0) is 13.1. The van der Waals surface area contributed by atoms with Gasteiger partial charge in [0.1, 0.15) is 0 Å². The van der Waals surface area contributed by atoms with E-state index >= 15 is 0 Å². The van der Waals surface area contributed by atoms with Crippen LogP contribution >= 0.6 is 12.4 Å². The van der Waals surface area contributed by atoms with Crippen LogP contribution in [0.15, 0.2) is 0 Å². The van der Waals surface area contributed by atoms with Gasteiger partial charge in [0.2, 0.25) is 5.91 Å². The van der Waals surface area contributed by atoms with E-state index in [1.807, 2.05) is 13.8 Å². The smallest absolute Gasteiger partial charge is 0.277 e. The maximum absolute atomic E-state index is 12.9. The van der Waals surface area contributed by atoms with Crippen LogP contribution in [0.3, 0.4) is 0 Å². The van der Waals surface area contributed by atoms with Crippen LogP contribution < -0.4 is 11.1 Å². The van der Waals surface area contributed by atoms with Crippen molar-refractivity contribution in [1.82, 2.24) is 5.32 Å². The monoisotopic (exact) mass is 284 g/mol. The molecule has 1 saturated carbocycles. The van der Waals surface area contributed by atoms with E-state index in [0.717, 1.165) is 25.7 Å². The molecule has 1 rings (SSSR count). The third-order valence-corrected chi connectivity index (χ3v) is 3.40. The minimum Gasteiger partial charge on any atom is -0.350 e. The second-order valence-corrected chi connectivity index (χ2v) is 5.47. The highest BCUT2D eigenvalue weighted by molar-refractivity contribution is 5.85. The van der Waals surface area contributed by atoms with E-state index in [1.165, 1.54) is 0 Å². The number of carbonyl (C=O) groups is 1. The number of nitrogens with two attached hydrogens (primary N) is 1. The van der Waals surface area contributed by atoms with E-state index in [2.05, 4.69) is 5.32 Å². The van der Waals surface area contributed by atoms with Crippen molar-refractivity contribution in [1.29, 1.82) is 0 Å². The van der Waals surface area contributed by atoms with Crippen LogP contribution in [0.4, 0.5) is 8.78 Å². The molecule has 1 fully saturated rings. The molecule has 0 unspecified atom stereocenters. The number of rotatable bonds is 6. The van der Waals surface area contributed by atoms with Gasteiger partial charge >= 0.3 is 0 Å². The Balaban J connectivity index is 0.00000289. The molecule has 0 bridgehead atoms. The van der Waals surface area contributed by atoms with Crippen LogP contribution in [-0.4, -0.2) is 24.9 Å². The minimum absolute atomic E-state index is 0. The quantitative estimate of drug-likeness (QED) is 0.786. The Bertz CT molecular complexity index is 281. The summed E-state index contributed by atoms with van der Waals surface area (Å²) < 4.78 is 25.9. The Morgan fingerprint density at radius 3 is 2.33 bits per heavy atom. The van der Waals surface area contributed by atoms with Crippen molar-refractivity contribution in [2.75, 3.05) is 13.1 Å². The largest absolute Gasteiger partial charge is 0.350 e. The first kappa shape index (κ1) is 17.6. The number of carbonyl (C=O) groups excluding carboxylic acids is 1. The molecule has 18 heavy (non-hydrogen) atoms. The van der Waals surface area contributed by atoms with Gasteiger partial charge in [-0.15, -0.1) is 12.4 Å². The Morgan fingerprint density at radius 2 is 2.00 bits per heavy atom. The highest BCUT2D eigenvalue weighted by atomic mass is 35.5. The number of alkyl halides is 2. The van der Waals surface area contributed by atoms with Crippen LogP contribution in [0, 0.1) is 11.3 Å². The van der Waals surface area contributed by atoms with E-state index in [4.69, 9.17) is 5.73 Å². The van der Waals surface area contributed by atoms with Crippen molar-refractivity contribution in [2.45, 2.75) is 45.5 Å². The SMILES string of the molecule is CC(C)CC1(C(=O)NCC(F)(F)CN)CCC1.Cl. The first-order valence-corrected chi connectivity index (χ1v) is 6.17. The van der Waals surface area contributed by atoms with Gasteiger partial charge in [-0.05, 0) is 25.2 Å². The maximum Gasteiger partial charge on any atom is 0.277 e. The first-order valence-electron chi connectivity index (χ1n) is 6.17. The summed E-state index contributed by atoms with van der Waals surface area (Å²) in [5.41, 5.74) is 4.52.